The molecule has 0 aliphatic rings. The van der Waals surface area contributed by atoms with Gasteiger partial charge in [0.2, 0.25) is 0 Å². The summed E-state index contributed by atoms with van der Waals surface area (Å²) in [6, 6.07) is 17.1. The van der Waals surface area contributed by atoms with Crippen LogP contribution in [-0.4, -0.2) is 62.1 Å². The van der Waals surface area contributed by atoms with Gasteiger partial charge in [0, 0.05) is 41.5 Å². The number of carbonyl (C=O) groups is 2. The second-order valence-electron chi connectivity index (χ2n) is 11.3. The highest BCUT2D eigenvalue weighted by molar-refractivity contribution is 9.11. The van der Waals surface area contributed by atoms with Gasteiger partial charge in [-0.05, 0) is 138 Å². The first kappa shape index (κ1) is 38.9. The van der Waals surface area contributed by atoms with Gasteiger partial charge in [0.1, 0.15) is 28.7 Å². The monoisotopic (exact) mass is 936 g/mol. The minimum atomic E-state index is -0.607. The van der Waals surface area contributed by atoms with Crippen LogP contribution in [0, 0.1) is 6.92 Å². The molecule has 0 heterocycles. The summed E-state index contributed by atoms with van der Waals surface area (Å²) in [6.07, 6.45) is 0.792. The first-order valence-electron chi connectivity index (χ1n) is 15.0. The van der Waals surface area contributed by atoms with Gasteiger partial charge in [0.05, 0.1) is 13.4 Å². The van der Waals surface area contributed by atoms with E-state index in [1.807, 2.05) is 25.1 Å². The van der Waals surface area contributed by atoms with Crippen LogP contribution in [0.1, 0.15) is 27.8 Å². The molecule has 0 saturated heterocycles. The van der Waals surface area contributed by atoms with Crippen molar-refractivity contribution in [2.45, 2.75) is 32.6 Å². The number of rotatable bonds is 13. The first-order chi connectivity index (χ1) is 23.8. The van der Waals surface area contributed by atoms with Crippen LogP contribution in [0.2, 0.25) is 0 Å². The molecule has 7 N–H and O–H groups in total. The maximum absolute atomic E-state index is 12.9. The van der Waals surface area contributed by atoms with Gasteiger partial charge in [-0.1, -0.05) is 44.4 Å². The SMILES string of the molecule is Cc1ccc(CCNC(=O)C(Cc2cc(Br)c(O)c(-c3cc(CC(=NO)C(=O)NCCc4ccc(O)c(Br)c4)cc(Br)c3O)c2)=NO)cc1Br. The highest BCUT2D eigenvalue weighted by Crippen LogP contribution is 2.44. The van der Waals surface area contributed by atoms with Crippen LogP contribution < -0.4 is 10.6 Å². The molecular formula is C35H32Br4N4O7. The summed E-state index contributed by atoms with van der Waals surface area (Å²) in [5.74, 6) is -1.49. The Kier molecular flexibility index (Phi) is 13.9. The zero-order valence-electron chi connectivity index (χ0n) is 26.5. The van der Waals surface area contributed by atoms with E-state index >= 15 is 0 Å². The topological polar surface area (TPSA) is 184 Å². The van der Waals surface area contributed by atoms with E-state index in [-0.39, 0.29) is 68.1 Å². The van der Waals surface area contributed by atoms with Gasteiger partial charge in [-0.25, -0.2) is 0 Å². The summed E-state index contributed by atoms with van der Waals surface area (Å²) in [7, 11) is 0. The molecule has 4 aromatic rings. The largest absolute Gasteiger partial charge is 0.507 e. The average molecular weight is 940 g/mol. The Morgan fingerprint density at radius 3 is 1.44 bits per heavy atom. The Labute approximate surface area is 321 Å². The zero-order valence-corrected chi connectivity index (χ0v) is 32.8. The average Bonchev–Trinajstić information content (AvgIpc) is 3.08. The van der Waals surface area contributed by atoms with E-state index in [0.717, 1.165) is 21.2 Å². The maximum atomic E-state index is 12.9. The first-order valence-corrected chi connectivity index (χ1v) is 18.2. The van der Waals surface area contributed by atoms with Gasteiger partial charge in [-0.2, -0.15) is 0 Å². The van der Waals surface area contributed by atoms with Crippen molar-refractivity contribution >= 4 is 87.0 Å². The van der Waals surface area contributed by atoms with Gasteiger partial charge >= 0.3 is 0 Å². The van der Waals surface area contributed by atoms with Gasteiger partial charge in [-0.15, -0.1) is 0 Å². The number of hydrogen-bond acceptors (Lipinski definition) is 9. The van der Waals surface area contributed by atoms with E-state index in [1.54, 1.807) is 30.3 Å². The fraction of sp³-hybridized carbons (Fsp3) is 0.200. The van der Waals surface area contributed by atoms with Crippen molar-refractivity contribution in [1.29, 1.82) is 0 Å². The van der Waals surface area contributed by atoms with E-state index in [0.29, 0.717) is 35.0 Å². The summed E-state index contributed by atoms with van der Waals surface area (Å²) in [5.41, 5.74) is 3.94. The summed E-state index contributed by atoms with van der Waals surface area (Å²) in [4.78, 5) is 25.8. The number of benzene rings is 4. The van der Waals surface area contributed by atoms with Crippen molar-refractivity contribution in [2.24, 2.45) is 10.3 Å². The van der Waals surface area contributed by atoms with Crippen LogP contribution in [0.5, 0.6) is 17.2 Å². The quantitative estimate of drug-likeness (QED) is 0.0417. The minimum Gasteiger partial charge on any atom is -0.507 e. The van der Waals surface area contributed by atoms with Crippen molar-refractivity contribution < 1.29 is 35.3 Å². The lowest BCUT2D eigenvalue weighted by molar-refractivity contribution is -0.115. The summed E-state index contributed by atoms with van der Waals surface area (Å²) in [6.45, 7) is 2.52. The van der Waals surface area contributed by atoms with Crippen LogP contribution in [0.25, 0.3) is 11.1 Å². The second kappa shape index (κ2) is 17.8. The summed E-state index contributed by atoms with van der Waals surface area (Å²) < 4.78 is 2.00. The van der Waals surface area contributed by atoms with Gasteiger partial charge < -0.3 is 36.4 Å². The molecule has 0 aromatic heterocycles. The van der Waals surface area contributed by atoms with Crippen molar-refractivity contribution in [2.75, 3.05) is 13.1 Å². The Morgan fingerprint density at radius 2 is 1.02 bits per heavy atom. The molecule has 2 amide bonds. The molecule has 0 radical (unpaired) electrons. The Balaban J connectivity index is 1.48. The summed E-state index contributed by atoms with van der Waals surface area (Å²) in [5, 5.41) is 62.9. The lowest BCUT2D eigenvalue weighted by atomic mass is 9.95. The number of nitrogens with one attached hydrogen (secondary N) is 2. The number of oxime groups is 2. The predicted molar refractivity (Wildman–Crippen MR) is 205 cm³/mol. The highest BCUT2D eigenvalue weighted by atomic mass is 79.9. The van der Waals surface area contributed by atoms with Crippen LogP contribution in [-0.2, 0) is 35.3 Å². The van der Waals surface area contributed by atoms with Crippen molar-refractivity contribution in [3.8, 4) is 28.4 Å². The second-order valence-corrected chi connectivity index (χ2v) is 14.7. The summed E-state index contributed by atoms with van der Waals surface area (Å²) >= 11 is 13.4. The Bertz CT molecular complexity index is 1840. The number of nitrogens with zero attached hydrogens (tertiary/aromatic N) is 2. The lowest BCUT2D eigenvalue weighted by Gasteiger charge is -2.15. The van der Waals surface area contributed by atoms with Crippen LogP contribution in [0.15, 0.2) is 88.9 Å². The predicted octanol–water partition coefficient (Wildman–Crippen LogP) is 7.29. The molecule has 0 fully saturated rings. The fourth-order valence-corrected chi connectivity index (χ4v) is 6.84. The highest BCUT2D eigenvalue weighted by Gasteiger charge is 2.21. The van der Waals surface area contributed by atoms with Crippen LogP contribution >= 0.6 is 63.7 Å². The minimum absolute atomic E-state index is 0.101. The Morgan fingerprint density at radius 1 is 0.600 bits per heavy atom. The number of aryl methyl sites for hydroxylation is 1. The lowest BCUT2D eigenvalue weighted by Crippen LogP contribution is -2.33. The number of hydrogen-bond donors (Lipinski definition) is 7. The normalized spacial score (nSPS) is 11.8. The molecule has 50 heavy (non-hydrogen) atoms. The third-order valence-corrected chi connectivity index (χ3v) is 10.4. The van der Waals surface area contributed by atoms with Crippen molar-refractivity contribution in [3.05, 3.63) is 106 Å². The fourth-order valence-electron chi connectivity index (χ4n) is 4.98. The molecule has 262 valence electrons. The number of carbonyl (C=O) groups excluding carboxylic acids is 2. The van der Waals surface area contributed by atoms with E-state index < -0.39 is 11.8 Å². The molecule has 0 saturated carbocycles. The third kappa shape index (κ3) is 10.1. The molecule has 4 aromatic carbocycles. The van der Waals surface area contributed by atoms with Crippen molar-refractivity contribution in [1.82, 2.24) is 10.6 Å². The van der Waals surface area contributed by atoms with E-state index in [4.69, 9.17) is 0 Å². The van der Waals surface area contributed by atoms with Crippen molar-refractivity contribution in [3.63, 3.8) is 0 Å². The van der Waals surface area contributed by atoms with Gasteiger partial charge in [0.25, 0.3) is 11.8 Å². The number of phenolic OH excluding ortho intramolecular Hbond substituents is 3. The van der Waals surface area contributed by atoms with E-state index in [9.17, 15) is 35.3 Å². The number of amides is 2. The number of aromatic hydroxyl groups is 3. The van der Waals surface area contributed by atoms with Crippen LogP contribution in [0.4, 0.5) is 0 Å². The smallest absolute Gasteiger partial charge is 0.269 e. The number of halogens is 4. The number of phenols is 3. The Hall–Kier alpha value is -3.92. The molecule has 0 bridgehead atoms. The molecule has 11 nitrogen and oxygen atoms in total. The van der Waals surface area contributed by atoms with Crippen LogP contribution in [0.3, 0.4) is 0 Å². The molecule has 0 aliphatic carbocycles. The molecule has 15 heteroatoms. The van der Waals surface area contributed by atoms with E-state index in [1.165, 1.54) is 12.1 Å². The van der Waals surface area contributed by atoms with E-state index in [2.05, 4.69) is 84.7 Å². The molecule has 0 aliphatic heterocycles. The molecular weight excluding hydrogens is 908 g/mol. The standard InChI is InChI=1S/C35H32Br4N4O7/c1-18-2-3-19(12-25(18)36)6-8-40-34(47)29(42-49)16-21-10-23(32(45)27(38)14-21)24-11-22(15-28(39)33(24)46)17-30(43-50)35(48)41-9-7-20-4-5-31(44)26(37)13-20/h2-5,10-15,44-46,49-50H,6-9,16-17H2,1H3,(H,40,47)(H,41,48). The molecule has 4 rings (SSSR count). The molecule has 0 spiro atoms. The van der Waals surface area contributed by atoms with Gasteiger partial charge in [0.15, 0.2) is 0 Å². The molecule has 0 unspecified atom stereocenters. The third-order valence-electron chi connectivity index (χ3n) is 7.69. The van der Waals surface area contributed by atoms with Gasteiger partial charge in [-0.3, -0.25) is 9.59 Å². The zero-order chi connectivity index (χ0) is 36.5. The maximum Gasteiger partial charge on any atom is 0.269 e. The molecule has 0 atom stereocenters.